The summed E-state index contributed by atoms with van der Waals surface area (Å²) in [5.74, 6) is -0.784. The average Bonchev–Trinajstić information content (AvgIpc) is 3.17. The third kappa shape index (κ3) is 4.58. The predicted octanol–water partition coefficient (Wildman–Crippen LogP) is 4.32. The molecule has 2 heterocycles. The largest absolute Gasteiger partial charge is 0.355 e. The number of pyridine rings is 1. The Morgan fingerprint density at radius 2 is 1.76 bits per heavy atom. The zero-order valence-electron chi connectivity index (χ0n) is 18.2. The Morgan fingerprint density at radius 1 is 1.06 bits per heavy atom. The van der Waals surface area contributed by atoms with Gasteiger partial charge in [-0.15, -0.1) is 0 Å². The first kappa shape index (κ1) is 22.5. The van der Waals surface area contributed by atoms with Crippen LogP contribution in [0.4, 0.5) is 10.1 Å². The minimum Gasteiger partial charge on any atom is -0.355 e. The summed E-state index contributed by atoms with van der Waals surface area (Å²) in [5.41, 5.74) is 3.46. The van der Waals surface area contributed by atoms with E-state index in [0.29, 0.717) is 40.0 Å². The lowest BCUT2D eigenvalue weighted by atomic mass is 10.0. The molecule has 9 heteroatoms. The molecule has 170 valence electrons. The Labute approximate surface area is 191 Å². The van der Waals surface area contributed by atoms with E-state index >= 15 is 0 Å². The zero-order chi connectivity index (χ0) is 23.6. The van der Waals surface area contributed by atoms with Crippen LogP contribution in [0.5, 0.6) is 0 Å². The third-order valence-corrected chi connectivity index (χ3v) is 6.64. The number of hydrogen-bond donors (Lipinski definition) is 2. The highest BCUT2D eigenvalue weighted by molar-refractivity contribution is 7.92. The molecule has 0 aliphatic heterocycles. The van der Waals surface area contributed by atoms with Crippen molar-refractivity contribution in [1.29, 1.82) is 0 Å². The van der Waals surface area contributed by atoms with E-state index in [9.17, 15) is 17.6 Å². The number of anilines is 1. The summed E-state index contributed by atoms with van der Waals surface area (Å²) in [6.45, 7) is 1.79. The molecule has 4 rings (SSSR count). The van der Waals surface area contributed by atoms with Crippen LogP contribution < -0.4 is 10.0 Å². The van der Waals surface area contributed by atoms with Crippen molar-refractivity contribution in [1.82, 2.24) is 14.9 Å². The summed E-state index contributed by atoms with van der Waals surface area (Å²) in [6.07, 6.45) is 2.03. The number of carbonyl (C=O) groups is 1. The lowest BCUT2D eigenvalue weighted by molar-refractivity contribution is 0.0965. The number of fused-ring (bicyclic) bond motifs is 1. The van der Waals surface area contributed by atoms with Crippen molar-refractivity contribution in [3.63, 3.8) is 0 Å². The van der Waals surface area contributed by atoms with E-state index in [1.165, 1.54) is 23.7 Å². The molecule has 4 aromatic rings. The minimum atomic E-state index is -3.58. The number of halogens is 1. The molecule has 0 bridgehead atoms. The van der Waals surface area contributed by atoms with Crippen LogP contribution in [-0.4, -0.2) is 36.7 Å². The van der Waals surface area contributed by atoms with Gasteiger partial charge in [-0.1, -0.05) is 37.3 Å². The van der Waals surface area contributed by atoms with E-state index in [2.05, 4.69) is 15.1 Å². The van der Waals surface area contributed by atoms with E-state index in [-0.39, 0.29) is 11.7 Å². The standard InChI is InChI=1S/C24H23FN4O3S/c1-3-13-33(31,32)28-20-15-29-21(14-19(20)16-7-5-4-6-8-16)22(24(30)26-2)23(27-29)17-9-11-18(25)12-10-17/h4-12,14-15,28H,3,13H2,1-2H3,(H,26,30). The van der Waals surface area contributed by atoms with Gasteiger partial charge in [-0.25, -0.2) is 17.3 Å². The number of rotatable bonds is 7. The average molecular weight is 467 g/mol. The maximum Gasteiger partial charge on any atom is 0.255 e. The number of carbonyl (C=O) groups excluding carboxylic acids is 1. The first-order chi connectivity index (χ1) is 15.8. The highest BCUT2D eigenvalue weighted by atomic mass is 32.2. The van der Waals surface area contributed by atoms with Crippen molar-refractivity contribution < 1.29 is 17.6 Å². The molecule has 7 nitrogen and oxygen atoms in total. The fraction of sp³-hybridized carbons (Fsp3) is 0.167. The summed E-state index contributed by atoms with van der Waals surface area (Å²) in [5, 5.41) is 7.18. The van der Waals surface area contributed by atoms with Crippen molar-refractivity contribution in [3.05, 3.63) is 78.2 Å². The monoisotopic (exact) mass is 466 g/mol. The number of benzene rings is 2. The molecule has 33 heavy (non-hydrogen) atoms. The van der Waals surface area contributed by atoms with Crippen LogP contribution in [0.2, 0.25) is 0 Å². The van der Waals surface area contributed by atoms with Crippen molar-refractivity contribution in [2.45, 2.75) is 13.3 Å². The Bertz CT molecular complexity index is 1420. The Balaban J connectivity index is 2.00. The van der Waals surface area contributed by atoms with Crippen molar-refractivity contribution in [2.75, 3.05) is 17.5 Å². The smallest absolute Gasteiger partial charge is 0.255 e. The minimum absolute atomic E-state index is 0.0251. The second-order valence-corrected chi connectivity index (χ2v) is 9.37. The molecule has 1 amide bonds. The number of amides is 1. The Kier molecular flexibility index (Phi) is 6.15. The fourth-order valence-electron chi connectivity index (χ4n) is 3.67. The highest BCUT2D eigenvalue weighted by Gasteiger charge is 2.23. The topological polar surface area (TPSA) is 92.6 Å². The van der Waals surface area contributed by atoms with Crippen LogP contribution >= 0.6 is 0 Å². The molecule has 2 aromatic heterocycles. The maximum absolute atomic E-state index is 13.5. The van der Waals surface area contributed by atoms with Gasteiger partial charge in [0.05, 0.1) is 28.7 Å². The SMILES string of the molecule is CCCS(=O)(=O)Nc1cn2nc(-c3ccc(F)cc3)c(C(=O)NC)c2cc1-c1ccccc1. The maximum atomic E-state index is 13.5. The molecule has 0 aliphatic rings. The predicted molar refractivity (Wildman–Crippen MR) is 127 cm³/mol. The van der Waals surface area contributed by atoms with Crippen LogP contribution in [0, 0.1) is 5.82 Å². The van der Waals surface area contributed by atoms with Gasteiger partial charge in [-0.2, -0.15) is 5.10 Å². The molecule has 0 unspecified atom stereocenters. The summed E-state index contributed by atoms with van der Waals surface area (Å²) >= 11 is 0. The summed E-state index contributed by atoms with van der Waals surface area (Å²) in [7, 11) is -2.06. The lowest BCUT2D eigenvalue weighted by Gasteiger charge is -2.13. The van der Waals surface area contributed by atoms with E-state index < -0.39 is 15.8 Å². The summed E-state index contributed by atoms with van der Waals surface area (Å²) in [4.78, 5) is 12.8. The van der Waals surface area contributed by atoms with Gasteiger partial charge in [0.15, 0.2) is 0 Å². The molecule has 2 aromatic carbocycles. The van der Waals surface area contributed by atoms with Crippen molar-refractivity contribution in [3.8, 4) is 22.4 Å². The zero-order valence-corrected chi connectivity index (χ0v) is 19.0. The number of aromatic nitrogens is 2. The molecule has 0 fully saturated rings. The molecule has 0 atom stereocenters. The summed E-state index contributed by atoms with van der Waals surface area (Å²) < 4.78 is 42.7. The van der Waals surface area contributed by atoms with Crippen LogP contribution in [0.25, 0.3) is 27.9 Å². The number of sulfonamides is 1. The van der Waals surface area contributed by atoms with Crippen LogP contribution in [0.3, 0.4) is 0 Å². The fourth-order valence-corrected chi connectivity index (χ4v) is 4.81. The van der Waals surface area contributed by atoms with Crippen molar-refractivity contribution >= 4 is 27.1 Å². The van der Waals surface area contributed by atoms with Gasteiger partial charge in [0.25, 0.3) is 5.91 Å². The van der Waals surface area contributed by atoms with E-state index in [0.717, 1.165) is 5.56 Å². The van der Waals surface area contributed by atoms with Gasteiger partial charge < -0.3 is 5.32 Å². The van der Waals surface area contributed by atoms with Gasteiger partial charge in [0, 0.05) is 18.2 Å². The van der Waals surface area contributed by atoms with Crippen LogP contribution in [-0.2, 0) is 10.0 Å². The first-order valence-corrected chi connectivity index (χ1v) is 12.1. The molecule has 0 spiro atoms. The second-order valence-electron chi connectivity index (χ2n) is 7.53. The molecule has 0 aliphatic carbocycles. The summed E-state index contributed by atoms with van der Waals surface area (Å²) in [6, 6.07) is 16.7. The molecule has 0 saturated heterocycles. The molecule has 0 saturated carbocycles. The van der Waals surface area contributed by atoms with E-state index in [1.807, 2.05) is 30.3 Å². The number of hydrogen-bond acceptors (Lipinski definition) is 4. The van der Waals surface area contributed by atoms with E-state index in [4.69, 9.17) is 0 Å². The number of nitrogens with one attached hydrogen (secondary N) is 2. The molecular weight excluding hydrogens is 443 g/mol. The first-order valence-electron chi connectivity index (χ1n) is 10.4. The van der Waals surface area contributed by atoms with Gasteiger partial charge >= 0.3 is 0 Å². The van der Waals surface area contributed by atoms with Gasteiger partial charge in [0.2, 0.25) is 10.0 Å². The highest BCUT2D eigenvalue weighted by Crippen LogP contribution is 2.34. The van der Waals surface area contributed by atoms with Gasteiger partial charge in [-0.05, 0) is 42.3 Å². The van der Waals surface area contributed by atoms with Gasteiger partial charge in [0.1, 0.15) is 11.5 Å². The molecule has 0 radical (unpaired) electrons. The second kappa shape index (κ2) is 9.03. The Hall–Kier alpha value is -3.72. The van der Waals surface area contributed by atoms with Crippen LogP contribution in [0.1, 0.15) is 23.7 Å². The van der Waals surface area contributed by atoms with Gasteiger partial charge in [-0.3, -0.25) is 9.52 Å². The number of nitrogens with zero attached hydrogens (tertiary/aromatic N) is 2. The van der Waals surface area contributed by atoms with E-state index in [1.54, 1.807) is 31.3 Å². The Morgan fingerprint density at radius 3 is 2.39 bits per heavy atom. The van der Waals surface area contributed by atoms with Crippen LogP contribution in [0.15, 0.2) is 66.9 Å². The quantitative estimate of drug-likeness (QED) is 0.424. The molecule has 2 N–H and O–H groups in total. The van der Waals surface area contributed by atoms with Crippen molar-refractivity contribution in [2.24, 2.45) is 0 Å². The lowest BCUT2D eigenvalue weighted by Crippen LogP contribution is -2.19. The normalized spacial score (nSPS) is 11.5. The third-order valence-electron chi connectivity index (χ3n) is 5.16. The molecular formula is C24H23FN4O3S.